The Kier molecular flexibility index (Phi) is 8.52. The monoisotopic (exact) mass is 582 g/mol. The van der Waals surface area contributed by atoms with Crippen molar-refractivity contribution in [3.05, 3.63) is 23.8 Å². The molecule has 0 aromatic rings. The molecule has 41 heavy (non-hydrogen) atoms. The number of esters is 5. The summed E-state index contributed by atoms with van der Waals surface area (Å²) in [6.45, 7) is 9.71. The van der Waals surface area contributed by atoms with Gasteiger partial charge in [-0.15, -0.1) is 0 Å². The molecular weight excluding hydrogens is 544 g/mol. The number of aliphatic hydroxyl groups is 3. The number of fused-ring (bicyclic) bond motifs is 2. The van der Waals surface area contributed by atoms with E-state index in [1.165, 1.54) is 32.1 Å². The second-order valence-corrected chi connectivity index (χ2v) is 11.6. The maximum Gasteiger partial charge on any atom is 0.341 e. The first-order chi connectivity index (χ1) is 18.7. The highest BCUT2D eigenvalue weighted by Gasteiger charge is 2.75. The maximum atomic E-state index is 12.9. The second kappa shape index (κ2) is 10.8. The van der Waals surface area contributed by atoms with Crippen LogP contribution in [-0.4, -0.2) is 92.5 Å². The number of hydrogen-bond donors (Lipinski definition) is 3. The van der Waals surface area contributed by atoms with Crippen LogP contribution in [0.3, 0.4) is 0 Å². The Hall–Kier alpha value is -3.29. The molecule has 0 aromatic carbocycles. The summed E-state index contributed by atoms with van der Waals surface area (Å²) >= 11 is 0. The van der Waals surface area contributed by atoms with Gasteiger partial charge in [-0.25, -0.2) is 4.79 Å². The summed E-state index contributed by atoms with van der Waals surface area (Å²) in [5.74, 6) is -6.08. The average molecular weight is 583 g/mol. The molecule has 10 atom stereocenters. The van der Waals surface area contributed by atoms with Crippen LogP contribution in [0.25, 0.3) is 0 Å². The van der Waals surface area contributed by atoms with Crippen LogP contribution < -0.4 is 0 Å². The van der Waals surface area contributed by atoms with Gasteiger partial charge in [-0.05, 0) is 32.9 Å². The molecule has 1 heterocycles. The molecule has 0 aromatic heterocycles. The second-order valence-electron chi connectivity index (χ2n) is 11.6. The van der Waals surface area contributed by atoms with Gasteiger partial charge in [0.1, 0.15) is 30.0 Å². The zero-order valence-corrected chi connectivity index (χ0v) is 24.3. The molecule has 0 unspecified atom stereocenters. The first kappa shape index (κ1) is 32.2. The van der Waals surface area contributed by atoms with Crippen LogP contribution in [0.15, 0.2) is 23.8 Å². The van der Waals surface area contributed by atoms with E-state index in [4.69, 9.17) is 23.7 Å². The van der Waals surface area contributed by atoms with Gasteiger partial charge in [0.2, 0.25) is 0 Å². The molecule has 0 bridgehead atoms. The van der Waals surface area contributed by atoms with Crippen LogP contribution in [0.2, 0.25) is 0 Å². The van der Waals surface area contributed by atoms with E-state index < -0.39 is 88.5 Å². The molecule has 3 rings (SSSR count). The molecule has 1 fully saturated rings. The first-order valence-corrected chi connectivity index (χ1v) is 13.1. The fraction of sp³-hybridized carbons (Fsp3) is 0.679. The van der Waals surface area contributed by atoms with Crippen molar-refractivity contribution < 1.29 is 63.0 Å². The predicted molar refractivity (Wildman–Crippen MR) is 137 cm³/mol. The molecule has 2 aliphatic carbocycles. The number of hydrogen-bond acceptors (Lipinski definition) is 13. The highest BCUT2D eigenvalue weighted by Crippen LogP contribution is 2.56. The zero-order chi connectivity index (χ0) is 31.3. The van der Waals surface area contributed by atoms with Crippen LogP contribution in [0.4, 0.5) is 0 Å². The molecule has 1 aliphatic heterocycles. The van der Waals surface area contributed by atoms with Crippen LogP contribution >= 0.6 is 0 Å². The van der Waals surface area contributed by atoms with Crippen LogP contribution in [-0.2, 0) is 47.7 Å². The summed E-state index contributed by atoms with van der Waals surface area (Å²) in [6.07, 6.45) is -3.56. The number of ether oxygens (including phenoxy) is 5. The van der Waals surface area contributed by atoms with Crippen molar-refractivity contribution in [3.8, 4) is 0 Å². The Morgan fingerprint density at radius 1 is 0.854 bits per heavy atom. The minimum Gasteiger partial charge on any atom is -0.459 e. The lowest BCUT2D eigenvalue weighted by Gasteiger charge is -2.57. The van der Waals surface area contributed by atoms with E-state index in [9.17, 15) is 39.3 Å². The van der Waals surface area contributed by atoms with Crippen molar-refractivity contribution in [1.29, 1.82) is 0 Å². The normalized spacial score (nSPS) is 43.3. The Bertz CT molecular complexity index is 1180. The Balaban J connectivity index is 2.50. The molecule has 3 N–H and O–H groups in total. The minimum atomic E-state index is -2.73. The number of rotatable bonds is 4. The van der Waals surface area contributed by atoms with E-state index in [-0.39, 0.29) is 6.42 Å². The molecule has 1 saturated heterocycles. The van der Waals surface area contributed by atoms with Gasteiger partial charge >= 0.3 is 29.8 Å². The third kappa shape index (κ3) is 5.50. The van der Waals surface area contributed by atoms with Gasteiger partial charge in [0.15, 0.2) is 17.3 Å². The summed E-state index contributed by atoms with van der Waals surface area (Å²) in [6, 6.07) is 0. The van der Waals surface area contributed by atoms with Crippen molar-refractivity contribution in [2.24, 2.45) is 11.3 Å². The van der Waals surface area contributed by atoms with Crippen molar-refractivity contribution in [2.45, 2.75) is 109 Å². The van der Waals surface area contributed by atoms with Crippen molar-refractivity contribution in [1.82, 2.24) is 0 Å². The standard InChI is InChI=1S/C28H38O13/c1-13-11-18(37-14(2)29)22(39-16(4)31)25(6)10-9-19(38-15(3)30)26(7,34)21(25)23(40-17(5)32)28(36)20(12-13)41-24(33)27(28,8)35/h9-10,12,18-23,34-36H,11H2,1-8H3/b13-12-/t18-,19-,20+,21-,22+,23-,25+,26-,27-,28+/m1/s1. The fourth-order valence-electron chi connectivity index (χ4n) is 6.44. The highest BCUT2D eigenvalue weighted by molar-refractivity contribution is 5.84. The smallest absolute Gasteiger partial charge is 0.341 e. The molecule has 0 spiro atoms. The summed E-state index contributed by atoms with van der Waals surface area (Å²) in [7, 11) is 0. The first-order valence-electron chi connectivity index (χ1n) is 13.1. The lowest BCUT2D eigenvalue weighted by molar-refractivity contribution is -0.263. The summed E-state index contributed by atoms with van der Waals surface area (Å²) < 4.78 is 27.8. The van der Waals surface area contributed by atoms with E-state index in [0.29, 0.717) is 5.57 Å². The van der Waals surface area contributed by atoms with Gasteiger partial charge in [0.05, 0.1) is 0 Å². The topological polar surface area (TPSA) is 192 Å². The van der Waals surface area contributed by atoms with Crippen molar-refractivity contribution >= 4 is 29.8 Å². The molecule has 228 valence electrons. The molecule has 3 aliphatic rings. The molecule has 13 heteroatoms. The highest BCUT2D eigenvalue weighted by atomic mass is 16.6. The zero-order valence-electron chi connectivity index (χ0n) is 24.3. The third-order valence-corrected chi connectivity index (χ3v) is 8.19. The van der Waals surface area contributed by atoms with Crippen LogP contribution in [0.1, 0.15) is 61.8 Å². The molecule has 0 amide bonds. The SMILES string of the molecule is CC(=O)O[C@@H]1[C@H]2[C@](C)(O)[C@H](OC(C)=O)C=C[C@]2(C)[C@@H](OC(C)=O)[C@H](OC(C)=O)C/C(C)=C\[C@@H]2OC(=O)[C@@](C)(O)[C@]21O. The Morgan fingerprint density at radius 2 is 1.37 bits per heavy atom. The van der Waals surface area contributed by atoms with Gasteiger partial charge in [-0.1, -0.05) is 18.6 Å². The lowest BCUT2D eigenvalue weighted by Crippen LogP contribution is -2.73. The van der Waals surface area contributed by atoms with Gasteiger partial charge in [0, 0.05) is 45.4 Å². The molecule has 0 saturated carbocycles. The average Bonchev–Trinajstić information content (AvgIpc) is 2.96. The quantitative estimate of drug-likeness (QED) is 0.235. The molecule has 13 nitrogen and oxygen atoms in total. The Labute approximate surface area is 237 Å². The van der Waals surface area contributed by atoms with Gasteiger partial charge < -0.3 is 39.0 Å². The van der Waals surface area contributed by atoms with Gasteiger partial charge in [-0.2, -0.15) is 0 Å². The molecular formula is C28H38O13. The summed E-state index contributed by atoms with van der Waals surface area (Å²) in [5.41, 5.74) is -8.92. The third-order valence-electron chi connectivity index (χ3n) is 8.19. The largest absolute Gasteiger partial charge is 0.459 e. The fourth-order valence-corrected chi connectivity index (χ4v) is 6.44. The summed E-state index contributed by atoms with van der Waals surface area (Å²) in [4.78, 5) is 62.2. The van der Waals surface area contributed by atoms with Crippen LogP contribution in [0.5, 0.6) is 0 Å². The van der Waals surface area contributed by atoms with Crippen molar-refractivity contribution in [3.63, 3.8) is 0 Å². The van der Waals surface area contributed by atoms with Gasteiger partial charge in [-0.3, -0.25) is 19.2 Å². The van der Waals surface area contributed by atoms with Gasteiger partial charge in [0.25, 0.3) is 0 Å². The van der Waals surface area contributed by atoms with E-state index in [0.717, 1.165) is 34.6 Å². The number of carbonyl (C=O) groups excluding carboxylic acids is 5. The summed E-state index contributed by atoms with van der Waals surface area (Å²) in [5, 5.41) is 35.9. The maximum absolute atomic E-state index is 12.9. The van der Waals surface area contributed by atoms with E-state index in [1.807, 2.05) is 0 Å². The lowest BCUT2D eigenvalue weighted by atomic mass is 9.54. The predicted octanol–water partition coefficient (Wildman–Crippen LogP) is 0.414. The number of carbonyl (C=O) groups is 5. The van der Waals surface area contributed by atoms with Crippen LogP contribution in [0, 0.1) is 11.3 Å². The molecule has 0 radical (unpaired) electrons. The Morgan fingerprint density at radius 3 is 1.88 bits per heavy atom. The van der Waals surface area contributed by atoms with E-state index in [2.05, 4.69) is 0 Å². The van der Waals surface area contributed by atoms with E-state index in [1.54, 1.807) is 6.92 Å². The van der Waals surface area contributed by atoms with E-state index >= 15 is 0 Å². The van der Waals surface area contributed by atoms with Crippen molar-refractivity contribution in [2.75, 3.05) is 0 Å². The minimum absolute atomic E-state index is 0.0896.